The minimum absolute atomic E-state index is 0.128. The van der Waals surface area contributed by atoms with E-state index >= 15 is 0 Å². The largest absolute Gasteiger partial charge is 0.503 e. The summed E-state index contributed by atoms with van der Waals surface area (Å²) in [4.78, 5) is 16.2. The van der Waals surface area contributed by atoms with Crippen LogP contribution in [-0.2, 0) is 13.0 Å². The van der Waals surface area contributed by atoms with E-state index in [1.54, 1.807) is 22.9 Å². The summed E-state index contributed by atoms with van der Waals surface area (Å²) >= 11 is -0.236. The Balaban J connectivity index is 1.78. The second-order valence-corrected chi connectivity index (χ2v) is 5.85. The molecular formula is C16H14F2N4O2S. The van der Waals surface area contributed by atoms with Gasteiger partial charge in [0.1, 0.15) is 5.82 Å². The van der Waals surface area contributed by atoms with E-state index in [2.05, 4.69) is 10.1 Å². The normalized spacial score (nSPS) is 11.0. The van der Waals surface area contributed by atoms with Gasteiger partial charge in [-0.05, 0) is 30.5 Å². The van der Waals surface area contributed by atoms with Gasteiger partial charge in [-0.3, -0.25) is 4.79 Å². The van der Waals surface area contributed by atoms with Gasteiger partial charge in [0.05, 0.1) is 6.20 Å². The highest BCUT2D eigenvalue weighted by molar-refractivity contribution is 7.92. The van der Waals surface area contributed by atoms with E-state index in [1.165, 1.54) is 18.3 Å². The van der Waals surface area contributed by atoms with Gasteiger partial charge in [0, 0.05) is 18.9 Å². The number of halogens is 2. The maximum atomic E-state index is 12.9. The molecule has 3 rings (SSSR count). The minimum atomic E-state index is -0.712. The van der Waals surface area contributed by atoms with Crippen molar-refractivity contribution in [2.45, 2.75) is 19.4 Å². The van der Waals surface area contributed by atoms with Gasteiger partial charge in [-0.15, -0.1) is 3.89 Å². The van der Waals surface area contributed by atoms with Crippen LogP contribution < -0.4 is 5.43 Å². The molecule has 2 heterocycles. The topological polar surface area (TPSA) is 72.9 Å². The fraction of sp³-hybridized carbons (Fsp3) is 0.188. The minimum Gasteiger partial charge on any atom is -0.503 e. The van der Waals surface area contributed by atoms with Crippen LogP contribution in [0.15, 0.2) is 47.7 Å². The molecule has 0 saturated heterocycles. The maximum absolute atomic E-state index is 12.9. The summed E-state index contributed by atoms with van der Waals surface area (Å²) in [5, 5.41) is 13.5. The molecule has 0 spiro atoms. The van der Waals surface area contributed by atoms with Gasteiger partial charge in [-0.2, -0.15) is 9.19 Å². The third-order valence-electron chi connectivity index (χ3n) is 3.65. The summed E-state index contributed by atoms with van der Waals surface area (Å²) in [5.41, 5.74) is 0.156. The smallest absolute Gasteiger partial charge is 0.252 e. The number of benzene rings is 1. The predicted molar refractivity (Wildman–Crippen MR) is 90.2 cm³/mol. The van der Waals surface area contributed by atoms with E-state index < -0.39 is 11.2 Å². The van der Waals surface area contributed by atoms with E-state index in [1.807, 2.05) is 0 Å². The second-order valence-electron chi connectivity index (χ2n) is 5.34. The van der Waals surface area contributed by atoms with Crippen molar-refractivity contribution in [3.63, 3.8) is 0 Å². The number of hydrogen-bond acceptors (Lipinski definition) is 5. The Morgan fingerprint density at radius 3 is 2.72 bits per heavy atom. The van der Waals surface area contributed by atoms with Crippen molar-refractivity contribution in [3.05, 3.63) is 64.5 Å². The van der Waals surface area contributed by atoms with Crippen molar-refractivity contribution >= 4 is 12.3 Å². The van der Waals surface area contributed by atoms with Crippen molar-refractivity contribution in [3.8, 4) is 17.3 Å². The zero-order chi connectivity index (χ0) is 17.8. The molecule has 0 fully saturated rings. The SMILES string of the molecule is O=c1c(O)cn(SF)nc1-c1nccn1CCCc1ccc(F)cc1. The Hall–Kier alpha value is -2.68. The number of nitrogens with zero attached hydrogens (tertiary/aromatic N) is 4. The Labute approximate surface area is 146 Å². The molecule has 3 aromatic rings. The molecule has 2 aromatic heterocycles. The van der Waals surface area contributed by atoms with Crippen LogP contribution in [0, 0.1) is 5.82 Å². The molecule has 1 N–H and O–H groups in total. The predicted octanol–water partition coefficient (Wildman–Crippen LogP) is 2.97. The third kappa shape index (κ3) is 3.87. The number of rotatable bonds is 6. The lowest BCUT2D eigenvalue weighted by atomic mass is 10.1. The van der Waals surface area contributed by atoms with Crippen LogP contribution >= 0.6 is 12.3 Å². The molecular weight excluding hydrogens is 350 g/mol. The first-order valence-corrected chi connectivity index (χ1v) is 8.14. The Bertz CT molecular complexity index is 925. The Morgan fingerprint density at radius 2 is 2.00 bits per heavy atom. The van der Waals surface area contributed by atoms with E-state index in [4.69, 9.17) is 0 Å². The monoisotopic (exact) mass is 364 g/mol. The fourth-order valence-electron chi connectivity index (χ4n) is 2.45. The van der Waals surface area contributed by atoms with Crippen LogP contribution in [0.2, 0.25) is 0 Å². The fourth-order valence-corrected chi connectivity index (χ4v) is 2.70. The highest BCUT2D eigenvalue weighted by atomic mass is 32.2. The molecule has 1 aromatic carbocycles. The van der Waals surface area contributed by atoms with Crippen LogP contribution in [0.5, 0.6) is 5.75 Å². The van der Waals surface area contributed by atoms with Crippen LogP contribution in [0.1, 0.15) is 12.0 Å². The third-order valence-corrected chi connectivity index (χ3v) is 3.98. The van der Waals surface area contributed by atoms with E-state index in [0.717, 1.165) is 28.7 Å². The number of aromatic hydroxyl groups is 1. The van der Waals surface area contributed by atoms with Crippen LogP contribution in [0.25, 0.3) is 11.5 Å². The zero-order valence-electron chi connectivity index (χ0n) is 13.0. The van der Waals surface area contributed by atoms with Gasteiger partial charge in [-0.25, -0.2) is 9.37 Å². The number of imidazole rings is 1. The molecule has 0 amide bonds. The standard InChI is InChI=1S/C16H14F2N4O2S/c17-12-5-3-11(4-6-12)2-1-8-21-9-7-19-16(21)14-15(24)13(23)10-22(20-14)25-18/h3-7,9-10,23H,1-2,8H2. The molecule has 25 heavy (non-hydrogen) atoms. The van der Waals surface area contributed by atoms with Crippen LogP contribution in [-0.4, -0.2) is 23.8 Å². The second kappa shape index (κ2) is 7.47. The first kappa shape index (κ1) is 17.2. The molecule has 0 radical (unpaired) electrons. The summed E-state index contributed by atoms with van der Waals surface area (Å²) in [6, 6.07) is 6.26. The summed E-state index contributed by atoms with van der Waals surface area (Å²) in [6.07, 6.45) is 5.53. The van der Waals surface area contributed by atoms with E-state index in [0.29, 0.717) is 6.54 Å². The van der Waals surface area contributed by atoms with Gasteiger partial charge >= 0.3 is 0 Å². The Kier molecular flexibility index (Phi) is 5.13. The molecule has 0 aliphatic heterocycles. The van der Waals surface area contributed by atoms with Gasteiger partial charge < -0.3 is 9.67 Å². The molecule has 0 bridgehead atoms. The first-order valence-electron chi connectivity index (χ1n) is 7.46. The van der Waals surface area contributed by atoms with Gasteiger partial charge in [0.2, 0.25) is 0 Å². The van der Waals surface area contributed by atoms with Gasteiger partial charge in [0.25, 0.3) is 5.43 Å². The number of hydrogen-bond donors (Lipinski definition) is 1. The van der Waals surface area contributed by atoms with Gasteiger partial charge in [0.15, 0.2) is 29.6 Å². The molecule has 0 aliphatic carbocycles. The number of aromatic nitrogens is 4. The highest BCUT2D eigenvalue weighted by Crippen LogP contribution is 2.17. The average molecular weight is 364 g/mol. The molecule has 9 heteroatoms. The molecule has 6 nitrogen and oxygen atoms in total. The van der Waals surface area contributed by atoms with Crippen molar-refractivity contribution in [1.29, 1.82) is 0 Å². The average Bonchev–Trinajstić information content (AvgIpc) is 3.07. The number of aryl methyl sites for hydroxylation is 2. The molecule has 0 atom stereocenters. The summed E-state index contributed by atoms with van der Waals surface area (Å²) in [6.45, 7) is 0.534. The summed E-state index contributed by atoms with van der Waals surface area (Å²) in [5.74, 6) is -0.628. The van der Waals surface area contributed by atoms with Crippen molar-refractivity contribution < 1.29 is 13.4 Å². The van der Waals surface area contributed by atoms with Gasteiger partial charge in [-0.1, -0.05) is 12.1 Å². The van der Waals surface area contributed by atoms with E-state index in [-0.39, 0.29) is 29.7 Å². The maximum Gasteiger partial charge on any atom is 0.252 e. The molecule has 0 unspecified atom stereocenters. The first-order chi connectivity index (χ1) is 12.1. The zero-order valence-corrected chi connectivity index (χ0v) is 13.8. The molecule has 0 saturated carbocycles. The summed E-state index contributed by atoms with van der Waals surface area (Å²) < 4.78 is 28.1. The lowest BCUT2D eigenvalue weighted by Crippen LogP contribution is -2.14. The highest BCUT2D eigenvalue weighted by Gasteiger charge is 2.16. The van der Waals surface area contributed by atoms with Crippen molar-refractivity contribution in [2.75, 3.05) is 0 Å². The quantitative estimate of drug-likeness (QED) is 0.728. The van der Waals surface area contributed by atoms with Crippen LogP contribution in [0.4, 0.5) is 8.28 Å². The van der Waals surface area contributed by atoms with E-state index in [9.17, 15) is 18.2 Å². The molecule has 130 valence electrons. The lowest BCUT2D eigenvalue weighted by molar-refractivity contribution is 0.464. The van der Waals surface area contributed by atoms with Crippen LogP contribution in [0.3, 0.4) is 0 Å². The molecule has 0 aliphatic rings. The van der Waals surface area contributed by atoms with Crippen molar-refractivity contribution in [2.24, 2.45) is 0 Å². The summed E-state index contributed by atoms with van der Waals surface area (Å²) in [7, 11) is 0. The van der Waals surface area contributed by atoms with Crippen molar-refractivity contribution in [1.82, 2.24) is 18.7 Å². The lowest BCUT2D eigenvalue weighted by Gasteiger charge is -2.08. The Morgan fingerprint density at radius 1 is 1.24 bits per heavy atom.